The van der Waals surface area contributed by atoms with Gasteiger partial charge in [0.05, 0.1) is 0 Å². The molecule has 0 unspecified atom stereocenters. The van der Waals surface area contributed by atoms with Gasteiger partial charge in [0.25, 0.3) is 0 Å². The normalized spacial score (nSPS) is 0.769. The number of hydrogen-bond acceptors (Lipinski definition) is 5. The maximum atomic E-state index is 6.25. The summed E-state index contributed by atoms with van der Waals surface area (Å²) >= 11 is 0. The molecule has 0 aliphatic rings. The molecule has 0 aliphatic heterocycles. The summed E-state index contributed by atoms with van der Waals surface area (Å²) in [5.41, 5.74) is 0. The number of nitrogens with zero attached hydrogens (tertiary/aromatic N) is 5. The largest absolute Gasteiger partial charge is 2.00 e. The standard InChI is InChI=1S/5CN.Co.Fe.Li/c5*1-2;;;/q5*-1;2*+2;+1. The third kappa shape index (κ3) is 1060. The SMILES string of the molecule is [C-]#N.[C-]#N.[C-]#N.[C-]#N.[C-]#N.[Co+2].[Fe+2].[Li+]. The van der Waals surface area contributed by atoms with Gasteiger partial charge in [0.1, 0.15) is 0 Å². The Morgan fingerprint density at radius 2 is 0.462 bits per heavy atom. The van der Waals surface area contributed by atoms with Gasteiger partial charge in [0.15, 0.2) is 0 Å². The maximum absolute atomic E-state index is 6.25. The average Bonchev–Trinajstić information content (AvgIpc) is 2.20. The second-order valence-electron chi connectivity index (χ2n) is 0. The van der Waals surface area contributed by atoms with Crippen molar-refractivity contribution < 1.29 is 52.7 Å². The fourth-order valence-electron chi connectivity index (χ4n) is 0. The molecule has 0 aliphatic carbocycles. The molecular formula is C5CoFeLiN5. The molecule has 13 heavy (non-hydrogen) atoms. The van der Waals surface area contributed by atoms with E-state index in [2.05, 4.69) is 0 Å². The smallest absolute Gasteiger partial charge is 0.512 e. The summed E-state index contributed by atoms with van der Waals surface area (Å²) in [4.78, 5) is 0. The molecule has 0 amide bonds. The average molecular weight is 252 g/mol. The van der Waals surface area contributed by atoms with Crippen LogP contribution in [0.15, 0.2) is 0 Å². The van der Waals surface area contributed by atoms with E-state index < -0.39 is 0 Å². The predicted octanol–water partition coefficient (Wildman–Crippen LogP) is -2.52. The molecule has 0 saturated heterocycles. The van der Waals surface area contributed by atoms with Gasteiger partial charge in [-0.25, -0.2) is 0 Å². The van der Waals surface area contributed by atoms with E-state index in [0.717, 1.165) is 0 Å². The van der Waals surface area contributed by atoms with E-state index in [1.54, 1.807) is 0 Å². The first-order valence-corrected chi connectivity index (χ1v) is 1.12. The fraction of sp³-hybridized carbons (Fsp3) is 0. The van der Waals surface area contributed by atoms with Crippen LogP contribution < -0.4 is 18.9 Å². The summed E-state index contributed by atoms with van der Waals surface area (Å²) in [5.74, 6) is 0. The minimum absolute atomic E-state index is 0. The van der Waals surface area contributed by atoms with Crippen molar-refractivity contribution in [2.24, 2.45) is 0 Å². The molecule has 0 saturated carbocycles. The second-order valence-corrected chi connectivity index (χ2v) is 0. The first-order chi connectivity index (χ1) is 5.00. The molecule has 8 heteroatoms. The Labute approximate surface area is 111 Å². The molecule has 0 spiro atoms. The van der Waals surface area contributed by atoms with Gasteiger partial charge in [-0.3, -0.25) is 0 Å². The van der Waals surface area contributed by atoms with Crippen molar-refractivity contribution in [1.82, 2.24) is 0 Å². The molecule has 0 N–H and O–H groups in total. The van der Waals surface area contributed by atoms with E-state index in [1.165, 1.54) is 0 Å². The first kappa shape index (κ1) is 89.2. The van der Waals surface area contributed by atoms with Gasteiger partial charge in [-0.05, 0) is 0 Å². The summed E-state index contributed by atoms with van der Waals surface area (Å²) in [6.07, 6.45) is 0. The Hall–Kier alpha value is -0.927. The summed E-state index contributed by atoms with van der Waals surface area (Å²) in [7, 11) is 0. The van der Waals surface area contributed by atoms with Gasteiger partial charge in [0.2, 0.25) is 0 Å². The minimum Gasteiger partial charge on any atom is -0.512 e. The van der Waals surface area contributed by atoms with Crippen LogP contribution >= 0.6 is 0 Å². The van der Waals surface area contributed by atoms with Gasteiger partial charge >= 0.3 is 52.7 Å². The summed E-state index contributed by atoms with van der Waals surface area (Å²) in [6, 6.07) is 0. The molecule has 0 bridgehead atoms. The van der Waals surface area contributed by atoms with Crippen LogP contribution in [0.3, 0.4) is 0 Å². The van der Waals surface area contributed by atoms with E-state index in [0.29, 0.717) is 0 Å². The molecule has 0 heterocycles. The molecule has 5 nitrogen and oxygen atoms in total. The van der Waals surface area contributed by atoms with Crippen LogP contribution in [0.2, 0.25) is 0 Å². The van der Waals surface area contributed by atoms with Crippen LogP contribution in [0, 0.1) is 59.2 Å². The van der Waals surface area contributed by atoms with E-state index >= 15 is 0 Å². The quantitative estimate of drug-likeness (QED) is 0.348. The van der Waals surface area contributed by atoms with Gasteiger partial charge in [-0.15, -0.1) is 0 Å². The number of rotatable bonds is 0. The van der Waals surface area contributed by atoms with Crippen molar-refractivity contribution in [3.63, 3.8) is 0 Å². The van der Waals surface area contributed by atoms with E-state index in [9.17, 15) is 0 Å². The van der Waals surface area contributed by atoms with E-state index in [4.69, 9.17) is 59.2 Å². The Bertz CT molecular complexity index is 83.5. The molecule has 63 valence electrons. The van der Waals surface area contributed by atoms with Gasteiger partial charge in [0, 0.05) is 0 Å². The molecule has 0 fully saturated rings. The molecule has 1 radical (unpaired) electrons. The monoisotopic (exact) mass is 252 g/mol. The van der Waals surface area contributed by atoms with E-state index in [-0.39, 0.29) is 52.7 Å². The molecule has 0 aromatic carbocycles. The zero-order valence-corrected chi connectivity index (χ0v) is 8.57. The Morgan fingerprint density at radius 1 is 0.462 bits per heavy atom. The van der Waals surface area contributed by atoms with Crippen molar-refractivity contribution >= 4 is 0 Å². The molecule has 0 aromatic heterocycles. The Balaban J connectivity index is -0.00000000379. The van der Waals surface area contributed by atoms with Crippen LogP contribution in [0.1, 0.15) is 0 Å². The van der Waals surface area contributed by atoms with Gasteiger partial charge in [-0.2, -0.15) is 0 Å². The fourth-order valence-corrected chi connectivity index (χ4v) is 0. The Morgan fingerprint density at radius 3 is 0.462 bits per heavy atom. The van der Waals surface area contributed by atoms with Gasteiger partial charge < -0.3 is 59.2 Å². The predicted molar refractivity (Wildman–Crippen MR) is 24.8 cm³/mol. The van der Waals surface area contributed by atoms with Crippen LogP contribution in [-0.4, -0.2) is 0 Å². The third-order valence-electron chi connectivity index (χ3n) is 0. The van der Waals surface area contributed by atoms with Gasteiger partial charge in [-0.1, -0.05) is 0 Å². The van der Waals surface area contributed by atoms with Crippen LogP contribution in [-0.2, 0) is 33.8 Å². The summed E-state index contributed by atoms with van der Waals surface area (Å²) in [6.45, 7) is 23.8. The van der Waals surface area contributed by atoms with Crippen molar-refractivity contribution in [3.8, 4) is 0 Å². The Kier molecular flexibility index (Phi) is 8980. The maximum Gasteiger partial charge on any atom is 2.00 e. The molecular weight excluding hydrogens is 252 g/mol. The van der Waals surface area contributed by atoms with Crippen molar-refractivity contribution in [2.75, 3.05) is 0 Å². The molecule has 0 atom stereocenters. The van der Waals surface area contributed by atoms with Crippen molar-refractivity contribution in [2.45, 2.75) is 0 Å². The number of hydrogen-bond donors (Lipinski definition) is 0. The minimum atomic E-state index is 0. The van der Waals surface area contributed by atoms with Crippen LogP contribution in [0.25, 0.3) is 0 Å². The first-order valence-electron chi connectivity index (χ1n) is 1.12. The summed E-state index contributed by atoms with van der Waals surface area (Å²) < 4.78 is 0. The second kappa shape index (κ2) is 1310. The molecule has 0 aromatic rings. The zero-order valence-electron chi connectivity index (χ0n) is 6.42. The zero-order chi connectivity index (χ0) is 10.0. The molecule has 0 rings (SSSR count). The van der Waals surface area contributed by atoms with Crippen LogP contribution in [0.5, 0.6) is 0 Å². The van der Waals surface area contributed by atoms with Crippen molar-refractivity contribution in [3.05, 3.63) is 32.9 Å². The van der Waals surface area contributed by atoms with Crippen molar-refractivity contribution in [1.29, 1.82) is 26.3 Å². The topological polar surface area (TPSA) is 119 Å². The summed E-state index contributed by atoms with van der Waals surface area (Å²) in [5, 5.41) is 31.2. The third-order valence-corrected chi connectivity index (χ3v) is 0. The van der Waals surface area contributed by atoms with Crippen LogP contribution in [0.4, 0.5) is 0 Å². The van der Waals surface area contributed by atoms with E-state index in [1.807, 2.05) is 0 Å².